The summed E-state index contributed by atoms with van der Waals surface area (Å²) in [6.45, 7) is 1.52. The summed E-state index contributed by atoms with van der Waals surface area (Å²) in [5.74, 6) is -0.191. The van der Waals surface area contributed by atoms with E-state index < -0.39 is 11.9 Å². The second-order valence-electron chi connectivity index (χ2n) is 5.86. The SMILES string of the molecule is CCc1ccccc1NC(=O)COC(=O)/C=C/c1ccc(OCC#N)c(OC)c1. The van der Waals surface area contributed by atoms with Crippen LogP contribution in [0.25, 0.3) is 6.08 Å². The zero-order valence-electron chi connectivity index (χ0n) is 16.3. The second-order valence-corrected chi connectivity index (χ2v) is 5.86. The Hall–Kier alpha value is -3.79. The van der Waals surface area contributed by atoms with Crippen LogP contribution in [0.2, 0.25) is 0 Å². The van der Waals surface area contributed by atoms with Gasteiger partial charge in [0.2, 0.25) is 0 Å². The Kier molecular flexibility index (Phi) is 8.27. The van der Waals surface area contributed by atoms with Crippen LogP contribution in [0.4, 0.5) is 5.69 Å². The zero-order chi connectivity index (χ0) is 21.1. The average Bonchev–Trinajstić information content (AvgIpc) is 2.75. The van der Waals surface area contributed by atoms with Crippen molar-refractivity contribution in [3.63, 3.8) is 0 Å². The van der Waals surface area contributed by atoms with Crippen LogP contribution in [0, 0.1) is 11.3 Å². The van der Waals surface area contributed by atoms with Crippen LogP contribution in [0.3, 0.4) is 0 Å². The molecule has 29 heavy (non-hydrogen) atoms. The maximum absolute atomic E-state index is 12.0. The number of hydrogen-bond donors (Lipinski definition) is 1. The number of carbonyl (C=O) groups is 2. The predicted molar refractivity (Wildman–Crippen MR) is 109 cm³/mol. The lowest BCUT2D eigenvalue weighted by Crippen LogP contribution is -2.20. The van der Waals surface area contributed by atoms with Gasteiger partial charge >= 0.3 is 5.97 Å². The molecule has 0 atom stereocenters. The van der Waals surface area contributed by atoms with Crippen LogP contribution in [-0.4, -0.2) is 32.2 Å². The number of aryl methyl sites for hydroxylation is 1. The fourth-order valence-corrected chi connectivity index (χ4v) is 2.50. The van der Waals surface area contributed by atoms with Gasteiger partial charge in [0.15, 0.2) is 24.7 Å². The van der Waals surface area contributed by atoms with Gasteiger partial charge in [0, 0.05) is 11.8 Å². The molecule has 1 N–H and O–H groups in total. The Labute approximate surface area is 169 Å². The van der Waals surface area contributed by atoms with Crippen molar-refractivity contribution < 1.29 is 23.8 Å². The minimum Gasteiger partial charge on any atom is -0.493 e. The van der Waals surface area contributed by atoms with E-state index in [1.807, 2.05) is 31.2 Å². The van der Waals surface area contributed by atoms with Gasteiger partial charge in [0.05, 0.1) is 7.11 Å². The normalized spacial score (nSPS) is 10.2. The first-order chi connectivity index (χ1) is 14.1. The first kappa shape index (κ1) is 21.5. The van der Waals surface area contributed by atoms with Crippen LogP contribution in [0.5, 0.6) is 11.5 Å². The summed E-state index contributed by atoms with van der Waals surface area (Å²) < 4.78 is 15.4. The van der Waals surface area contributed by atoms with Gasteiger partial charge in [-0.1, -0.05) is 31.2 Å². The summed E-state index contributed by atoms with van der Waals surface area (Å²) in [4.78, 5) is 23.9. The summed E-state index contributed by atoms with van der Waals surface area (Å²) in [5, 5.41) is 11.3. The van der Waals surface area contributed by atoms with Crippen molar-refractivity contribution in [1.82, 2.24) is 0 Å². The van der Waals surface area contributed by atoms with Gasteiger partial charge in [0.25, 0.3) is 5.91 Å². The number of nitriles is 1. The van der Waals surface area contributed by atoms with Crippen LogP contribution in [0.1, 0.15) is 18.1 Å². The van der Waals surface area contributed by atoms with Crippen LogP contribution >= 0.6 is 0 Å². The molecular formula is C22H22N2O5. The van der Waals surface area contributed by atoms with Gasteiger partial charge in [0.1, 0.15) is 6.07 Å². The molecule has 0 fully saturated rings. The van der Waals surface area contributed by atoms with E-state index in [-0.39, 0.29) is 13.2 Å². The molecule has 0 aromatic heterocycles. The fraction of sp³-hybridized carbons (Fsp3) is 0.227. The fourth-order valence-electron chi connectivity index (χ4n) is 2.50. The van der Waals surface area contributed by atoms with Crippen molar-refractivity contribution in [2.24, 2.45) is 0 Å². The third kappa shape index (κ3) is 6.70. The lowest BCUT2D eigenvalue weighted by Gasteiger charge is -2.09. The number of benzene rings is 2. The number of esters is 1. The molecular weight excluding hydrogens is 372 g/mol. The average molecular weight is 394 g/mol. The molecule has 0 unspecified atom stereocenters. The standard InChI is InChI=1S/C22H22N2O5/c1-3-17-6-4-5-7-18(17)24-21(25)15-29-22(26)11-9-16-8-10-19(28-13-12-23)20(14-16)27-2/h4-11,14H,3,13,15H2,1-2H3,(H,24,25)/b11-9+. The third-order valence-corrected chi connectivity index (χ3v) is 3.91. The van der Waals surface area contributed by atoms with Crippen LogP contribution < -0.4 is 14.8 Å². The van der Waals surface area contributed by atoms with Gasteiger partial charge in [-0.25, -0.2) is 4.79 Å². The van der Waals surface area contributed by atoms with E-state index in [1.54, 1.807) is 24.3 Å². The molecule has 0 aliphatic rings. The van der Waals surface area contributed by atoms with E-state index in [0.717, 1.165) is 12.0 Å². The number of carbonyl (C=O) groups excluding carboxylic acids is 2. The minimum absolute atomic E-state index is 0.0946. The van der Waals surface area contributed by atoms with Crippen molar-refractivity contribution in [3.8, 4) is 17.6 Å². The molecule has 0 saturated carbocycles. The number of hydrogen-bond acceptors (Lipinski definition) is 6. The molecule has 0 heterocycles. The van der Waals surface area contributed by atoms with Crippen LogP contribution in [0.15, 0.2) is 48.5 Å². The topological polar surface area (TPSA) is 97.6 Å². The molecule has 2 aromatic carbocycles. The van der Waals surface area contributed by atoms with Crippen molar-refractivity contribution in [2.45, 2.75) is 13.3 Å². The van der Waals surface area contributed by atoms with E-state index in [9.17, 15) is 9.59 Å². The van der Waals surface area contributed by atoms with Crippen molar-refractivity contribution in [2.75, 3.05) is 25.6 Å². The Balaban J connectivity index is 1.89. The monoisotopic (exact) mass is 394 g/mol. The Morgan fingerprint density at radius 2 is 1.97 bits per heavy atom. The number of nitrogens with zero attached hydrogens (tertiary/aromatic N) is 1. The van der Waals surface area contributed by atoms with Gasteiger partial charge < -0.3 is 19.5 Å². The minimum atomic E-state index is -0.646. The highest BCUT2D eigenvalue weighted by Gasteiger charge is 2.08. The summed E-state index contributed by atoms with van der Waals surface area (Å²) in [7, 11) is 1.48. The summed E-state index contributed by atoms with van der Waals surface area (Å²) in [6, 6.07) is 14.3. The number of rotatable bonds is 9. The highest BCUT2D eigenvalue weighted by molar-refractivity contribution is 5.95. The first-order valence-electron chi connectivity index (χ1n) is 8.97. The van der Waals surface area contributed by atoms with E-state index in [2.05, 4.69) is 5.32 Å². The van der Waals surface area contributed by atoms with Crippen LogP contribution in [-0.2, 0) is 20.7 Å². The van der Waals surface area contributed by atoms with E-state index in [1.165, 1.54) is 19.3 Å². The molecule has 2 aromatic rings. The first-order valence-corrected chi connectivity index (χ1v) is 8.97. The lowest BCUT2D eigenvalue weighted by molar-refractivity contribution is -0.142. The molecule has 0 saturated heterocycles. The predicted octanol–water partition coefficient (Wildman–Crippen LogP) is 3.36. The number of methoxy groups -OCH3 is 1. The molecule has 0 bridgehead atoms. The maximum atomic E-state index is 12.0. The number of para-hydroxylation sites is 1. The van der Waals surface area contributed by atoms with Gasteiger partial charge in [-0.3, -0.25) is 4.79 Å². The maximum Gasteiger partial charge on any atom is 0.331 e. The Morgan fingerprint density at radius 1 is 1.17 bits per heavy atom. The van der Waals surface area contributed by atoms with Gasteiger partial charge in [-0.05, 0) is 41.8 Å². The van der Waals surface area contributed by atoms with Crippen molar-refractivity contribution >= 4 is 23.6 Å². The summed E-state index contributed by atoms with van der Waals surface area (Å²) in [5.41, 5.74) is 2.38. The second kappa shape index (κ2) is 11.1. The Bertz CT molecular complexity index is 931. The number of nitrogens with one attached hydrogen (secondary N) is 1. The molecule has 0 aliphatic carbocycles. The summed E-state index contributed by atoms with van der Waals surface area (Å²) in [6.07, 6.45) is 3.53. The quantitative estimate of drug-likeness (QED) is 0.517. The molecule has 7 nitrogen and oxygen atoms in total. The van der Waals surface area contributed by atoms with Crippen molar-refractivity contribution in [3.05, 3.63) is 59.7 Å². The highest BCUT2D eigenvalue weighted by Crippen LogP contribution is 2.28. The van der Waals surface area contributed by atoms with E-state index >= 15 is 0 Å². The highest BCUT2D eigenvalue weighted by atomic mass is 16.5. The largest absolute Gasteiger partial charge is 0.493 e. The van der Waals surface area contributed by atoms with E-state index in [0.29, 0.717) is 22.7 Å². The molecule has 0 spiro atoms. The third-order valence-electron chi connectivity index (χ3n) is 3.91. The lowest BCUT2D eigenvalue weighted by atomic mass is 10.1. The Morgan fingerprint density at radius 3 is 2.69 bits per heavy atom. The molecule has 1 amide bonds. The molecule has 2 rings (SSSR count). The smallest absolute Gasteiger partial charge is 0.331 e. The molecule has 0 radical (unpaired) electrons. The number of ether oxygens (including phenoxy) is 3. The molecule has 7 heteroatoms. The van der Waals surface area contributed by atoms with Crippen molar-refractivity contribution in [1.29, 1.82) is 5.26 Å². The summed E-state index contributed by atoms with van der Waals surface area (Å²) >= 11 is 0. The molecule has 150 valence electrons. The van der Waals surface area contributed by atoms with E-state index in [4.69, 9.17) is 19.5 Å². The van der Waals surface area contributed by atoms with Gasteiger partial charge in [-0.15, -0.1) is 0 Å². The number of amides is 1. The molecule has 0 aliphatic heterocycles. The zero-order valence-corrected chi connectivity index (χ0v) is 16.3. The van der Waals surface area contributed by atoms with Gasteiger partial charge in [-0.2, -0.15) is 5.26 Å². The number of anilines is 1.